The Morgan fingerprint density at radius 1 is 1.19 bits per heavy atom. The second-order valence-corrected chi connectivity index (χ2v) is 11.2. The van der Waals surface area contributed by atoms with Crippen molar-refractivity contribution in [2.24, 2.45) is 11.8 Å². The van der Waals surface area contributed by atoms with Gasteiger partial charge in [0.1, 0.15) is 11.6 Å². The van der Waals surface area contributed by atoms with Crippen LogP contribution in [-0.4, -0.2) is 63.6 Å². The van der Waals surface area contributed by atoms with Crippen molar-refractivity contribution in [3.8, 4) is 0 Å². The minimum Gasteiger partial charge on any atom is -0.466 e. The van der Waals surface area contributed by atoms with Crippen molar-refractivity contribution in [2.45, 2.75) is 55.8 Å². The van der Waals surface area contributed by atoms with Crippen molar-refractivity contribution in [3.05, 3.63) is 65.2 Å². The third-order valence-electron chi connectivity index (χ3n) is 7.96. The fraction of sp³-hybridized carbons (Fsp3) is 0.464. The number of alkyl halides is 1. The van der Waals surface area contributed by atoms with Gasteiger partial charge < -0.3 is 24.8 Å². The third-order valence-corrected chi connectivity index (χ3v) is 8.80. The summed E-state index contributed by atoms with van der Waals surface area (Å²) in [6.45, 7) is 5.31. The normalized spacial score (nSPS) is 30.8. The molecule has 1 unspecified atom stereocenters. The molecule has 8 nitrogen and oxygen atoms in total. The number of anilines is 1. The van der Waals surface area contributed by atoms with Gasteiger partial charge in [-0.05, 0) is 43.9 Å². The van der Waals surface area contributed by atoms with Gasteiger partial charge in [0.25, 0.3) is 0 Å². The molecule has 2 bridgehead atoms. The number of aliphatic hydroxyl groups is 1. The highest BCUT2D eigenvalue weighted by Crippen LogP contribution is 2.61. The number of likely N-dealkylation sites (tertiary alicyclic amines) is 1. The van der Waals surface area contributed by atoms with Crippen LogP contribution >= 0.6 is 15.9 Å². The number of ether oxygens (including phenoxy) is 2. The number of para-hydroxylation sites is 1. The van der Waals surface area contributed by atoms with E-state index in [-0.39, 0.29) is 17.3 Å². The van der Waals surface area contributed by atoms with Gasteiger partial charge in [-0.2, -0.15) is 0 Å². The second-order valence-electron chi connectivity index (χ2n) is 10.0. The molecule has 7 atom stereocenters. The van der Waals surface area contributed by atoms with E-state index in [1.165, 1.54) is 4.90 Å². The fourth-order valence-corrected chi connectivity index (χ4v) is 7.39. The highest BCUT2D eigenvalue weighted by molar-refractivity contribution is 9.09. The monoisotopic (exact) mass is 570 g/mol. The van der Waals surface area contributed by atoms with E-state index in [0.29, 0.717) is 17.7 Å². The molecule has 3 fully saturated rings. The average Bonchev–Trinajstić information content (AvgIpc) is 3.46. The smallest absolute Gasteiger partial charge is 0.312 e. The molecule has 3 aliphatic heterocycles. The number of halogens is 1. The number of nitrogens with one attached hydrogen (secondary N) is 1. The molecule has 0 aliphatic carbocycles. The quantitative estimate of drug-likeness (QED) is 0.391. The molecule has 0 saturated carbocycles. The topological polar surface area (TPSA) is 105 Å². The number of carbonyl (C=O) groups is 3. The summed E-state index contributed by atoms with van der Waals surface area (Å²) in [5.74, 6) is -3.04. The summed E-state index contributed by atoms with van der Waals surface area (Å²) in [5.41, 5.74) is 1.90. The Bertz CT molecular complexity index is 1200. The van der Waals surface area contributed by atoms with Gasteiger partial charge >= 0.3 is 5.97 Å². The SMILES string of the molecule is CCOC(=O)[C@H]1[C@@H]2O[C@@]3(CC2Br)[C@@H]1C(=O)N([C@H](CO)c1ccccc1)[C@@H]3C(=O)Nc1c(C)cccc1C. The van der Waals surface area contributed by atoms with Crippen LogP contribution in [-0.2, 0) is 23.9 Å². The lowest BCUT2D eigenvalue weighted by atomic mass is 9.70. The summed E-state index contributed by atoms with van der Waals surface area (Å²) in [5, 5.41) is 13.6. The highest BCUT2D eigenvalue weighted by atomic mass is 79.9. The predicted molar refractivity (Wildman–Crippen MR) is 140 cm³/mol. The minimum atomic E-state index is -1.24. The van der Waals surface area contributed by atoms with E-state index >= 15 is 0 Å². The number of nitrogens with zero attached hydrogens (tertiary/aromatic N) is 1. The first-order valence-corrected chi connectivity index (χ1v) is 13.5. The van der Waals surface area contributed by atoms with E-state index in [1.807, 2.05) is 62.4 Å². The molecule has 2 aromatic carbocycles. The first-order valence-electron chi connectivity index (χ1n) is 12.6. The molecular weight excluding hydrogens is 540 g/mol. The number of fused-ring (bicyclic) bond motifs is 1. The van der Waals surface area contributed by atoms with E-state index in [4.69, 9.17) is 9.47 Å². The molecular formula is C28H31BrN2O6. The molecule has 3 saturated heterocycles. The Hall–Kier alpha value is -2.75. The number of aliphatic hydroxyl groups excluding tert-OH is 1. The first kappa shape index (κ1) is 25.9. The molecule has 3 heterocycles. The molecule has 3 aliphatic rings. The zero-order chi connectivity index (χ0) is 26.5. The molecule has 2 amide bonds. The molecule has 196 valence electrons. The summed E-state index contributed by atoms with van der Waals surface area (Å²) < 4.78 is 11.8. The molecule has 0 aromatic heterocycles. The van der Waals surface area contributed by atoms with Crippen LogP contribution in [0.4, 0.5) is 5.69 Å². The van der Waals surface area contributed by atoms with Crippen molar-refractivity contribution in [2.75, 3.05) is 18.5 Å². The second kappa shape index (κ2) is 9.85. The van der Waals surface area contributed by atoms with Gasteiger partial charge in [0.15, 0.2) is 0 Å². The van der Waals surface area contributed by atoms with Crippen LogP contribution in [0, 0.1) is 25.7 Å². The molecule has 5 rings (SSSR count). The summed E-state index contributed by atoms with van der Waals surface area (Å²) in [6, 6.07) is 13.0. The molecule has 9 heteroatoms. The summed E-state index contributed by atoms with van der Waals surface area (Å²) >= 11 is 3.65. The minimum absolute atomic E-state index is 0.173. The van der Waals surface area contributed by atoms with Crippen molar-refractivity contribution < 1.29 is 29.0 Å². The van der Waals surface area contributed by atoms with E-state index in [9.17, 15) is 19.5 Å². The summed E-state index contributed by atoms with van der Waals surface area (Å²) in [6.07, 6.45) is -0.215. The number of aryl methyl sites for hydroxylation is 2. The molecule has 2 N–H and O–H groups in total. The first-order chi connectivity index (χ1) is 17.7. The largest absolute Gasteiger partial charge is 0.466 e. The van der Waals surface area contributed by atoms with Crippen molar-refractivity contribution >= 4 is 39.4 Å². The number of amides is 2. The van der Waals surface area contributed by atoms with Crippen LogP contribution in [0.5, 0.6) is 0 Å². The Morgan fingerprint density at radius 3 is 2.49 bits per heavy atom. The van der Waals surface area contributed by atoms with Crippen molar-refractivity contribution in [1.29, 1.82) is 0 Å². The van der Waals surface area contributed by atoms with Crippen LogP contribution < -0.4 is 5.32 Å². The van der Waals surface area contributed by atoms with Gasteiger partial charge in [-0.15, -0.1) is 0 Å². The lowest BCUT2D eigenvalue weighted by molar-refractivity contribution is -0.155. The van der Waals surface area contributed by atoms with Gasteiger partial charge in [0.2, 0.25) is 11.8 Å². The predicted octanol–water partition coefficient (Wildman–Crippen LogP) is 3.29. The number of hydrogen-bond acceptors (Lipinski definition) is 6. The van der Waals surface area contributed by atoms with Crippen LogP contribution in [0.3, 0.4) is 0 Å². The third kappa shape index (κ3) is 3.99. The van der Waals surface area contributed by atoms with Gasteiger partial charge in [-0.1, -0.05) is 64.5 Å². The zero-order valence-electron chi connectivity index (χ0n) is 21.0. The Balaban J connectivity index is 1.63. The van der Waals surface area contributed by atoms with Crippen LogP contribution in [0.25, 0.3) is 0 Å². The maximum absolute atomic E-state index is 14.2. The number of benzene rings is 2. The highest BCUT2D eigenvalue weighted by Gasteiger charge is 2.77. The van der Waals surface area contributed by atoms with Crippen LogP contribution in [0.2, 0.25) is 0 Å². The molecule has 0 radical (unpaired) electrons. The lowest BCUT2D eigenvalue weighted by Gasteiger charge is -2.37. The summed E-state index contributed by atoms with van der Waals surface area (Å²) in [4.78, 5) is 42.7. The van der Waals surface area contributed by atoms with E-state index in [0.717, 1.165) is 11.1 Å². The average molecular weight is 571 g/mol. The number of hydrogen-bond donors (Lipinski definition) is 2. The Morgan fingerprint density at radius 2 is 1.86 bits per heavy atom. The van der Waals surface area contributed by atoms with E-state index in [2.05, 4.69) is 21.2 Å². The van der Waals surface area contributed by atoms with Gasteiger partial charge in [0.05, 0.1) is 37.2 Å². The zero-order valence-corrected chi connectivity index (χ0v) is 22.6. The maximum atomic E-state index is 14.2. The van der Waals surface area contributed by atoms with Gasteiger partial charge in [-0.25, -0.2) is 0 Å². The Labute approximate surface area is 224 Å². The lowest BCUT2D eigenvalue weighted by Crippen LogP contribution is -2.55. The summed E-state index contributed by atoms with van der Waals surface area (Å²) in [7, 11) is 0. The Kier molecular flexibility index (Phi) is 6.89. The number of rotatable bonds is 7. The standard InChI is InChI=1S/C28H31BrN2O6/c1-4-36-27(35)20-21-26(34)31(19(14-32)17-11-6-5-7-12-17)24(28(21)13-18(29)23(20)37-28)25(33)30-22-15(2)9-8-10-16(22)3/h5-12,18-21,23-24,32H,4,13-14H2,1-3H3,(H,30,33)/t18?,19-,20-,21+,23-,24-,28+/m1/s1. The van der Waals surface area contributed by atoms with E-state index < -0.39 is 54.1 Å². The van der Waals surface area contributed by atoms with Gasteiger partial charge in [-0.3, -0.25) is 14.4 Å². The maximum Gasteiger partial charge on any atom is 0.312 e. The number of esters is 1. The van der Waals surface area contributed by atoms with Crippen molar-refractivity contribution in [3.63, 3.8) is 0 Å². The van der Waals surface area contributed by atoms with Crippen LogP contribution in [0.15, 0.2) is 48.5 Å². The van der Waals surface area contributed by atoms with Crippen molar-refractivity contribution in [1.82, 2.24) is 4.90 Å². The molecule has 2 aromatic rings. The van der Waals surface area contributed by atoms with Gasteiger partial charge in [0, 0.05) is 10.5 Å². The fourth-order valence-electron chi connectivity index (χ4n) is 6.44. The van der Waals surface area contributed by atoms with Crippen LogP contribution in [0.1, 0.15) is 36.1 Å². The van der Waals surface area contributed by atoms with E-state index in [1.54, 1.807) is 6.92 Å². The number of carbonyl (C=O) groups excluding carboxylic acids is 3. The molecule has 1 spiro atoms. The molecule has 37 heavy (non-hydrogen) atoms.